The first-order valence-electron chi connectivity index (χ1n) is 6.51. The number of halogens is 2. The van der Waals surface area contributed by atoms with E-state index in [-0.39, 0.29) is 23.9 Å². The van der Waals surface area contributed by atoms with Gasteiger partial charge in [0.05, 0.1) is 12.1 Å². The van der Waals surface area contributed by atoms with Gasteiger partial charge in [0.2, 0.25) is 0 Å². The van der Waals surface area contributed by atoms with Crippen molar-refractivity contribution in [2.45, 2.75) is 39.3 Å². The highest BCUT2D eigenvalue weighted by Gasteiger charge is 2.25. The van der Waals surface area contributed by atoms with E-state index in [0.717, 1.165) is 0 Å². The lowest BCUT2D eigenvalue weighted by molar-refractivity contribution is 0.00339. The molecule has 2 atom stereocenters. The Kier molecular flexibility index (Phi) is 6.72. The lowest BCUT2D eigenvalue weighted by Gasteiger charge is -2.29. The number of rotatable bonds is 7. The van der Waals surface area contributed by atoms with Crippen LogP contribution < -0.4 is 11.3 Å². The summed E-state index contributed by atoms with van der Waals surface area (Å²) in [7, 11) is 0. The maximum absolute atomic E-state index is 13.7. The van der Waals surface area contributed by atoms with E-state index in [9.17, 15) is 4.39 Å². The minimum Gasteiger partial charge on any atom is -0.377 e. The molecule has 0 aliphatic heterocycles. The summed E-state index contributed by atoms with van der Waals surface area (Å²) in [6, 6.07) is 4.38. The fourth-order valence-corrected chi connectivity index (χ4v) is 2.37. The van der Waals surface area contributed by atoms with Crippen LogP contribution in [0.3, 0.4) is 0 Å². The highest BCUT2D eigenvalue weighted by molar-refractivity contribution is 6.30. The topological polar surface area (TPSA) is 47.3 Å². The Hall–Kier alpha value is -0.680. The first-order valence-corrected chi connectivity index (χ1v) is 6.89. The van der Waals surface area contributed by atoms with Gasteiger partial charge in [0, 0.05) is 11.6 Å². The van der Waals surface area contributed by atoms with E-state index in [1.165, 1.54) is 12.1 Å². The summed E-state index contributed by atoms with van der Waals surface area (Å²) in [6.07, 6.45) is 0.361. The quantitative estimate of drug-likeness (QED) is 0.599. The molecule has 0 aliphatic rings. The summed E-state index contributed by atoms with van der Waals surface area (Å²) in [5, 5.41) is 0.518. The number of hydrogen-bond donors (Lipinski definition) is 2. The summed E-state index contributed by atoms with van der Waals surface area (Å²) in [6.45, 7) is 6.64. The molecule has 19 heavy (non-hydrogen) atoms. The molecule has 0 radical (unpaired) electrons. The maximum atomic E-state index is 13.7. The number of benzene rings is 1. The van der Waals surface area contributed by atoms with Gasteiger partial charge >= 0.3 is 0 Å². The van der Waals surface area contributed by atoms with Crippen LogP contribution in [-0.4, -0.2) is 18.8 Å². The summed E-state index contributed by atoms with van der Waals surface area (Å²) < 4.78 is 19.4. The Bertz CT molecular complexity index is 401. The number of hydrazine groups is 1. The second kappa shape index (κ2) is 7.80. The fraction of sp³-hybridized carbons (Fsp3) is 0.571. The van der Waals surface area contributed by atoms with E-state index in [1.807, 2.05) is 6.92 Å². The molecule has 0 amide bonds. The van der Waals surface area contributed by atoms with Crippen LogP contribution in [0.15, 0.2) is 18.2 Å². The van der Waals surface area contributed by atoms with Gasteiger partial charge in [-0.2, -0.15) is 0 Å². The van der Waals surface area contributed by atoms with Gasteiger partial charge in [-0.3, -0.25) is 11.3 Å². The third-order valence-corrected chi connectivity index (χ3v) is 3.31. The molecule has 1 aromatic carbocycles. The lowest BCUT2D eigenvalue weighted by atomic mass is 9.94. The van der Waals surface area contributed by atoms with Gasteiger partial charge in [0.1, 0.15) is 5.82 Å². The first kappa shape index (κ1) is 16.4. The van der Waals surface area contributed by atoms with Gasteiger partial charge < -0.3 is 4.74 Å². The van der Waals surface area contributed by atoms with Gasteiger partial charge in [0.15, 0.2) is 0 Å². The minimum atomic E-state index is -0.274. The van der Waals surface area contributed by atoms with E-state index in [0.29, 0.717) is 23.6 Å². The van der Waals surface area contributed by atoms with Crippen LogP contribution in [0.5, 0.6) is 0 Å². The SMILES string of the molecule is CCOC(C(C)C)C(Cc1cc(Cl)ccc1F)NN. The minimum absolute atomic E-state index is 0.0756. The Morgan fingerprint density at radius 1 is 1.42 bits per heavy atom. The van der Waals surface area contributed by atoms with Crippen molar-refractivity contribution in [1.29, 1.82) is 0 Å². The molecular weight excluding hydrogens is 267 g/mol. The Morgan fingerprint density at radius 2 is 2.11 bits per heavy atom. The molecule has 108 valence electrons. The van der Waals surface area contributed by atoms with Crippen LogP contribution >= 0.6 is 11.6 Å². The van der Waals surface area contributed by atoms with Crippen LogP contribution in [0.4, 0.5) is 4.39 Å². The molecule has 0 aromatic heterocycles. The van der Waals surface area contributed by atoms with Crippen molar-refractivity contribution in [3.8, 4) is 0 Å². The molecule has 0 fully saturated rings. The molecule has 3 nitrogen and oxygen atoms in total. The van der Waals surface area contributed by atoms with Crippen molar-refractivity contribution in [1.82, 2.24) is 5.43 Å². The van der Waals surface area contributed by atoms with E-state index >= 15 is 0 Å². The molecule has 0 spiro atoms. The molecule has 0 aliphatic carbocycles. The highest BCUT2D eigenvalue weighted by Crippen LogP contribution is 2.20. The molecule has 0 bridgehead atoms. The average molecular weight is 289 g/mol. The molecule has 0 heterocycles. The van der Waals surface area contributed by atoms with Gasteiger partial charge in [-0.15, -0.1) is 0 Å². The van der Waals surface area contributed by atoms with Crippen molar-refractivity contribution in [3.05, 3.63) is 34.6 Å². The molecule has 0 saturated heterocycles. The maximum Gasteiger partial charge on any atom is 0.126 e. The summed E-state index contributed by atoms with van der Waals surface area (Å²) in [5.74, 6) is 5.60. The van der Waals surface area contributed by atoms with E-state index in [2.05, 4.69) is 19.3 Å². The predicted molar refractivity (Wildman–Crippen MR) is 76.5 cm³/mol. The molecule has 1 rings (SSSR count). The third kappa shape index (κ3) is 4.73. The summed E-state index contributed by atoms with van der Waals surface area (Å²) >= 11 is 5.90. The Balaban J connectivity index is 2.88. The van der Waals surface area contributed by atoms with Crippen molar-refractivity contribution in [2.75, 3.05) is 6.61 Å². The normalized spacial score (nSPS) is 14.7. The standard InChI is InChI=1S/C14H22ClFN2O/c1-4-19-14(9(2)3)13(18-17)8-10-7-11(15)5-6-12(10)16/h5-7,9,13-14,18H,4,8,17H2,1-3H3. The average Bonchev–Trinajstić information content (AvgIpc) is 2.37. The van der Waals surface area contributed by atoms with Crippen molar-refractivity contribution < 1.29 is 9.13 Å². The summed E-state index contributed by atoms with van der Waals surface area (Å²) in [5.41, 5.74) is 3.27. The number of ether oxygens (including phenoxy) is 1. The van der Waals surface area contributed by atoms with Crippen molar-refractivity contribution in [3.63, 3.8) is 0 Å². The molecule has 2 unspecified atom stereocenters. The number of nitrogens with two attached hydrogens (primary N) is 1. The lowest BCUT2D eigenvalue weighted by Crippen LogP contribution is -2.49. The number of hydrogen-bond acceptors (Lipinski definition) is 3. The zero-order valence-corrected chi connectivity index (χ0v) is 12.4. The van der Waals surface area contributed by atoms with Crippen LogP contribution in [0.1, 0.15) is 26.3 Å². The van der Waals surface area contributed by atoms with Gasteiger partial charge in [-0.25, -0.2) is 4.39 Å². The molecule has 3 N–H and O–H groups in total. The second-order valence-electron chi connectivity index (χ2n) is 4.88. The largest absolute Gasteiger partial charge is 0.377 e. The van der Waals surface area contributed by atoms with Crippen LogP contribution in [0, 0.1) is 11.7 Å². The van der Waals surface area contributed by atoms with E-state index in [4.69, 9.17) is 22.2 Å². The molecule has 0 saturated carbocycles. The van der Waals surface area contributed by atoms with Gasteiger partial charge in [-0.05, 0) is 43.0 Å². The smallest absolute Gasteiger partial charge is 0.126 e. The first-order chi connectivity index (χ1) is 8.99. The number of nitrogens with one attached hydrogen (secondary N) is 1. The zero-order valence-electron chi connectivity index (χ0n) is 11.6. The Labute approximate surface area is 119 Å². The summed E-state index contributed by atoms with van der Waals surface area (Å²) in [4.78, 5) is 0. The molecule has 5 heteroatoms. The van der Waals surface area contributed by atoms with Gasteiger partial charge in [0.25, 0.3) is 0 Å². The third-order valence-electron chi connectivity index (χ3n) is 3.07. The monoisotopic (exact) mass is 288 g/mol. The fourth-order valence-electron chi connectivity index (χ4n) is 2.17. The van der Waals surface area contributed by atoms with E-state index in [1.54, 1.807) is 6.07 Å². The Morgan fingerprint density at radius 3 is 2.63 bits per heavy atom. The van der Waals surface area contributed by atoms with E-state index < -0.39 is 0 Å². The van der Waals surface area contributed by atoms with Crippen LogP contribution in [0.2, 0.25) is 5.02 Å². The second-order valence-corrected chi connectivity index (χ2v) is 5.31. The highest BCUT2D eigenvalue weighted by atomic mass is 35.5. The van der Waals surface area contributed by atoms with Crippen molar-refractivity contribution in [2.24, 2.45) is 11.8 Å². The van der Waals surface area contributed by atoms with Crippen LogP contribution in [-0.2, 0) is 11.2 Å². The molecular formula is C14H22ClFN2O. The van der Waals surface area contributed by atoms with Crippen LogP contribution in [0.25, 0.3) is 0 Å². The zero-order chi connectivity index (χ0) is 14.4. The predicted octanol–water partition coefficient (Wildman–Crippen LogP) is 2.91. The van der Waals surface area contributed by atoms with Gasteiger partial charge in [-0.1, -0.05) is 25.4 Å². The molecule has 1 aromatic rings. The van der Waals surface area contributed by atoms with Crippen molar-refractivity contribution >= 4 is 11.6 Å².